The second-order valence-corrected chi connectivity index (χ2v) is 2.84. The second-order valence-electron chi connectivity index (χ2n) is 2.84. The van der Waals surface area contributed by atoms with Crippen LogP contribution in [0.3, 0.4) is 0 Å². The van der Waals surface area contributed by atoms with Crippen LogP contribution in [0.2, 0.25) is 0 Å². The summed E-state index contributed by atoms with van der Waals surface area (Å²) in [5, 5.41) is 18.5. The van der Waals surface area contributed by atoms with E-state index in [1.165, 1.54) is 7.11 Å². The summed E-state index contributed by atoms with van der Waals surface area (Å²) in [6.45, 7) is 0. The maximum absolute atomic E-state index is 10.2. The fourth-order valence-electron chi connectivity index (χ4n) is 1.07. The van der Waals surface area contributed by atoms with Crippen molar-refractivity contribution in [1.29, 1.82) is 0 Å². The average molecular weight is 196 g/mol. The number of benzene rings is 1. The van der Waals surface area contributed by atoms with Crippen LogP contribution in [-0.2, 0) is 4.79 Å². The van der Waals surface area contributed by atoms with Crippen molar-refractivity contribution in [3.8, 4) is 5.75 Å². The summed E-state index contributed by atoms with van der Waals surface area (Å²) in [4.78, 5) is 10.2. The number of carbonyl (C=O) groups excluding carboxylic acids is 1. The molecule has 2 N–H and O–H groups in total. The molecule has 76 valence electrons. The van der Waals surface area contributed by atoms with Crippen LogP contribution in [0.1, 0.15) is 11.7 Å². The Morgan fingerprint density at radius 2 is 1.86 bits per heavy atom. The number of aliphatic hydroxyl groups is 2. The number of aliphatic hydroxyl groups excluding tert-OH is 2. The highest BCUT2D eigenvalue weighted by Crippen LogP contribution is 2.19. The average Bonchev–Trinajstić information content (AvgIpc) is 2.27. The van der Waals surface area contributed by atoms with Gasteiger partial charge in [-0.25, -0.2) is 0 Å². The SMILES string of the molecule is COc1ccc(C(O)C(O)C=O)cc1. The number of rotatable bonds is 4. The Balaban J connectivity index is 2.80. The Labute approximate surface area is 81.8 Å². The van der Waals surface area contributed by atoms with Crippen LogP contribution < -0.4 is 4.74 Å². The Hall–Kier alpha value is -1.39. The molecule has 4 nitrogen and oxygen atoms in total. The number of hydrogen-bond acceptors (Lipinski definition) is 4. The summed E-state index contributed by atoms with van der Waals surface area (Å²) >= 11 is 0. The molecule has 0 saturated carbocycles. The highest BCUT2D eigenvalue weighted by Gasteiger charge is 2.16. The van der Waals surface area contributed by atoms with Gasteiger partial charge in [-0.05, 0) is 17.7 Å². The molecule has 0 amide bonds. The number of methoxy groups -OCH3 is 1. The number of aldehydes is 1. The van der Waals surface area contributed by atoms with Gasteiger partial charge in [0, 0.05) is 0 Å². The second kappa shape index (κ2) is 4.74. The van der Waals surface area contributed by atoms with Crippen molar-refractivity contribution >= 4 is 6.29 Å². The van der Waals surface area contributed by atoms with Crippen LogP contribution in [0.15, 0.2) is 24.3 Å². The molecule has 0 heterocycles. The Morgan fingerprint density at radius 3 is 2.29 bits per heavy atom. The van der Waals surface area contributed by atoms with Gasteiger partial charge in [0.2, 0.25) is 0 Å². The van der Waals surface area contributed by atoms with Gasteiger partial charge in [-0.3, -0.25) is 0 Å². The summed E-state index contributed by atoms with van der Waals surface area (Å²) in [5.41, 5.74) is 0.477. The third-order valence-corrected chi connectivity index (χ3v) is 1.92. The van der Waals surface area contributed by atoms with Gasteiger partial charge in [0.1, 0.15) is 18.0 Å². The van der Waals surface area contributed by atoms with E-state index in [1.807, 2.05) is 0 Å². The van der Waals surface area contributed by atoms with E-state index in [0.717, 1.165) is 0 Å². The number of carbonyl (C=O) groups is 1. The molecule has 2 atom stereocenters. The third-order valence-electron chi connectivity index (χ3n) is 1.92. The molecule has 0 bridgehead atoms. The van der Waals surface area contributed by atoms with Gasteiger partial charge in [0.15, 0.2) is 6.29 Å². The summed E-state index contributed by atoms with van der Waals surface area (Å²) in [6.07, 6.45) is -2.27. The van der Waals surface area contributed by atoms with Crippen molar-refractivity contribution in [2.75, 3.05) is 7.11 Å². The van der Waals surface area contributed by atoms with Crippen LogP contribution in [0.5, 0.6) is 5.75 Å². The van der Waals surface area contributed by atoms with Crippen molar-refractivity contribution in [2.24, 2.45) is 0 Å². The molecule has 1 aromatic rings. The standard InChI is InChI=1S/C10H12O4/c1-14-8-4-2-7(3-5-8)10(13)9(12)6-11/h2-6,9-10,12-13H,1H3. The predicted molar refractivity (Wildman–Crippen MR) is 50.0 cm³/mol. The van der Waals surface area contributed by atoms with E-state index in [0.29, 0.717) is 17.6 Å². The van der Waals surface area contributed by atoms with E-state index in [9.17, 15) is 9.90 Å². The maximum atomic E-state index is 10.2. The Kier molecular flexibility index (Phi) is 3.62. The number of hydrogen-bond donors (Lipinski definition) is 2. The highest BCUT2D eigenvalue weighted by molar-refractivity contribution is 5.57. The largest absolute Gasteiger partial charge is 0.497 e. The Morgan fingerprint density at radius 1 is 1.29 bits per heavy atom. The summed E-state index contributed by atoms with van der Waals surface area (Å²) in [5.74, 6) is 0.654. The van der Waals surface area contributed by atoms with Gasteiger partial charge in [0.05, 0.1) is 7.11 Å². The number of ether oxygens (including phenoxy) is 1. The molecule has 0 aliphatic carbocycles. The molecular weight excluding hydrogens is 184 g/mol. The molecule has 1 rings (SSSR count). The molecule has 2 unspecified atom stereocenters. The van der Waals surface area contributed by atoms with E-state index in [4.69, 9.17) is 9.84 Å². The zero-order valence-electron chi connectivity index (χ0n) is 7.75. The first-order valence-electron chi connectivity index (χ1n) is 4.14. The summed E-state index contributed by atoms with van der Waals surface area (Å²) in [6, 6.07) is 6.48. The lowest BCUT2D eigenvalue weighted by atomic mass is 10.1. The van der Waals surface area contributed by atoms with Crippen molar-refractivity contribution in [3.63, 3.8) is 0 Å². The molecule has 0 saturated heterocycles. The lowest BCUT2D eigenvalue weighted by molar-refractivity contribution is -0.120. The summed E-state index contributed by atoms with van der Waals surface area (Å²) in [7, 11) is 1.53. The minimum absolute atomic E-state index is 0.300. The fourth-order valence-corrected chi connectivity index (χ4v) is 1.07. The van der Waals surface area contributed by atoms with E-state index < -0.39 is 12.2 Å². The van der Waals surface area contributed by atoms with Crippen LogP contribution in [0.25, 0.3) is 0 Å². The van der Waals surface area contributed by atoms with E-state index in [-0.39, 0.29) is 0 Å². The van der Waals surface area contributed by atoms with Crippen molar-refractivity contribution in [3.05, 3.63) is 29.8 Å². The molecule has 0 radical (unpaired) electrons. The molecule has 0 aliphatic rings. The summed E-state index contributed by atoms with van der Waals surface area (Å²) < 4.78 is 4.92. The molecule has 0 spiro atoms. The van der Waals surface area contributed by atoms with Crippen LogP contribution >= 0.6 is 0 Å². The Bertz CT molecular complexity index is 293. The molecule has 14 heavy (non-hydrogen) atoms. The van der Waals surface area contributed by atoms with Gasteiger partial charge < -0.3 is 19.7 Å². The topological polar surface area (TPSA) is 66.8 Å². The monoisotopic (exact) mass is 196 g/mol. The van der Waals surface area contributed by atoms with Crippen LogP contribution in [0, 0.1) is 0 Å². The quantitative estimate of drug-likeness (QED) is 0.679. The maximum Gasteiger partial charge on any atom is 0.151 e. The lowest BCUT2D eigenvalue weighted by Gasteiger charge is -2.12. The zero-order chi connectivity index (χ0) is 10.6. The lowest BCUT2D eigenvalue weighted by Crippen LogP contribution is -2.19. The van der Waals surface area contributed by atoms with Gasteiger partial charge in [0.25, 0.3) is 0 Å². The van der Waals surface area contributed by atoms with E-state index in [2.05, 4.69) is 0 Å². The smallest absolute Gasteiger partial charge is 0.151 e. The van der Waals surface area contributed by atoms with Crippen molar-refractivity contribution < 1.29 is 19.7 Å². The first kappa shape index (κ1) is 10.7. The van der Waals surface area contributed by atoms with E-state index >= 15 is 0 Å². The fraction of sp³-hybridized carbons (Fsp3) is 0.300. The molecular formula is C10H12O4. The van der Waals surface area contributed by atoms with Gasteiger partial charge in [-0.2, -0.15) is 0 Å². The van der Waals surface area contributed by atoms with Crippen molar-refractivity contribution in [2.45, 2.75) is 12.2 Å². The van der Waals surface area contributed by atoms with Crippen molar-refractivity contribution in [1.82, 2.24) is 0 Å². The minimum Gasteiger partial charge on any atom is -0.497 e. The normalized spacial score (nSPS) is 14.5. The van der Waals surface area contributed by atoms with E-state index in [1.54, 1.807) is 24.3 Å². The minimum atomic E-state index is -1.39. The third kappa shape index (κ3) is 2.31. The molecule has 0 aliphatic heterocycles. The predicted octanol–water partition coefficient (Wildman–Crippen LogP) is 0.288. The molecule has 0 fully saturated rings. The van der Waals surface area contributed by atoms with Crippen LogP contribution in [0.4, 0.5) is 0 Å². The highest BCUT2D eigenvalue weighted by atomic mass is 16.5. The van der Waals surface area contributed by atoms with Gasteiger partial charge in [-0.15, -0.1) is 0 Å². The molecule has 4 heteroatoms. The molecule has 1 aromatic carbocycles. The van der Waals surface area contributed by atoms with Gasteiger partial charge in [-0.1, -0.05) is 12.1 Å². The zero-order valence-corrected chi connectivity index (χ0v) is 7.75. The molecule has 0 aromatic heterocycles. The van der Waals surface area contributed by atoms with Gasteiger partial charge >= 0.3 is 0 Å². The van der Waals surface area contributed by atoms with Crippen LogP contribution in [-0.4, -0.2) is 29.7 Å². The first-order chi connectivity index (χ1) is 6.69. The first-order valence-corrected chi connectivity index (χ1v) is 4.14.